The van der Waals surface area contributed by atoms with Crippen LogP contribution in [0.2, 0.25) is 0 Å². The molecule has 24 heavy (non-hydrogen) atoms. The quantitative estimate of drug-likeness (QED) is 0.619. The number of allylic oxidation sites excluding steroid dienone is 1. The van der Waals surface area contributed by atoms with Crippen molar-refractivity contribution in [2.24, 2.45) is 0 Å². The maximum atomic E-state index is 13.0. The van der Waals surface area contributed by atoms with E-state index < -0.39 is 0 Å². The van der Waals surface area contributed by atoms with E-state index in [-0.39, 0.29) is 5.56 Å². The predicted molar refractivity (Wildman–Crippen MR) is 102 cm³/mol. The van der Waals surface area contributed by atoms with Crippen molar-refractivity contribution in [1.29, 1.82) is 0 Å². The number of anilines is 1. The van der Waals surface area contributed by atoms with E-state index in [1.807, 2.05) is 0 Å². The maximum Gasteiger partial charge on any atom is 0.264 e. The minimum Gasteiger partial charge on any atom is -0.355 e. The van der Waals surface area contributed by atoms with Crippen molar-refractivity contribution in [3.63, 3.8) is 0 Å². The summed E-state index contributed by atoms with van der Waals surface area (Å²) in [5, 5.41) is 4.19. The van der Waals surface area contributed by atoms with Crippen molar-refractivity contribution in [3.05, 3.63) is 33.4 Å². The minimum absolute atomic E-state index is 0.0782. The van der Waals surface area contributed by atoms with E-state index in [2.05, 4.69) is 30.9 Å². The number of thiophene rings is 1. The first-order chi connectivity index (χ1) is 11.6. The molecule has 2 aromatic rings. The average Bonchev–Trinajstić information content (AvgIpc) is 2.93. The summed E-state index contributed by atoms with van der Waals surface area (Å²) in [5.74, 6) is 0.671. The van der Waals surface area contributed by atoms with Gasteiger partial charge in [0.25, 0.3) is 5.56 Å². The summed E-state index contributed by atoms with van der Waals surface area (Å²) in [4.78, 5) is 22.2. The fourth-order valence-electron chi connectivity index (χ4n) is 3.27. The van der Waals surface area contributed by atoms with Crippen molar-refractivity contribution < 1.29 is 0 Å². The molecule has 0 bridgehead atoms. The van der Waals surface area contributed by atoms with E-state index in [1.54, 1.807) is 22.0 Å². The third kappa shape index (κ3) is 3.39. The third-order valence-electron chi connectivity index (χ3n) is 4.45. The molecule has 0 spiro atoms. The smallest absolute Gasteiger partial charge is 0.264 e. The SMILES string of the molecule is C=CCn1c(NCCCN(C)C)nc2sc3c(c2c1=O)CCCC3. The summed E-state index contributed by atoms with van der Waals surface area (Å²) in [5.41, 5.74) is 1.32. The van der Waals surface area contributed by atoms with Gasteiger partial charge in [0.15, 0.2) is 0 Å². The highest BCUT2D eigenvalue weighted by Crippen LogP contribution is 2.34. The third-order valence-corrected chi connectivity index (χ3v) is 5.64. The number of rotatable bonds is 7. The van der Waals surface area contributed by atoms with Gasteiger partial charge < -0.3 is 10.2 Å². The molecule has 0 aromatic carbocycles. The van der Waals surface area contributed by atoms with Gasteiger partial charge in [-0.3, -0.25) is 9.36 Å². The number of aromatic nitrogens is 2. The van der Waals surface area contributed by atoms with Crippen molar-refractivity contribution in [3.8, 4) is 0 Å². The Kier molecular flexibility index (Phi) is 5.36. The van der Waals surface area contributed by atoms with Gasteiger partial charge in [-0.2, -0.15) is 0 Å². The number of fused-ring (bicyclic) bond motifs is 3. The molecule has 0 unspecified atom stereocenters. The Balaban J connectivity index is 1.97. The normalized spacial score (nSPS) is 14.1. The summed E-state index contributed by atoms with van der Waals surface area (Å²) < 4.78 is 1.73. The van der Waals surface area contributed by atoms with Crippen LogP contribution in [0, 0.1) is 0 Å². The maximum absolute atomic E-state index is 13.0. The fourth-order valence-corrected chi connectivity index (χ4v) is 4.52. The van der Waals surface area contributed by atoms with Gasteiger partial charge in [-0.1, -0.05) is 6.08 Å². The van der Waals surface area contributed by atoms with Crippen molar-refractivity contribution in [2.45, 2.75) is 38.6 Å². The highest BCUT2D eigenvalue weighted by molar-refractivity contribution is 7.18. The van der Waals surface area contributed by atoms with Crippen molar-refractivity contribution in [2.75, 3.05) is 32.5 Å². The van der Waals surface area contributed by atoms with Crippen LogP contribution in [0.15, 0.2) is 17.4 Å². The Morgan fingerprint density at radius 2 is 2.17 bits per heavy atom. The van der Waals surface area contributed by atoms with Crippen LogP contribution in [0.1, 0.15) is 29.7 Å². The molecular formula is C18H26N4OS. The van der Waals surface area contributed by atoms with Crippen LogP contribution in [-0.2, 0) is 19.4 Å². The van der Waals surface area contributed by atoms with Crippen LogP contribution in [0.3, 0.4) is 0 Å². The second-order valence-electron chi connectivity index (χ2n) is 6.61. The summed E-state index contributed by atoms with van der Waals surface area (Å²) in [6, 6.07) is 0. The highest BCUT2D eigenvalue weighted by atomic mass is 32.1. The van der Waals surface area contributed by atoms with Crippen LogP contribution in [0.5, 0.6) is 0 Å². The number of aryl methyl sites for hydroxylation is 2. The van der Waals surface area contributed by atoms with Crippen molar-refractivity contribution in [1.82, 2.24) is 14.5 Å². The lowest BCUT2D eigenvalue weighted by Crippen LogP contribution is -2.26. The molecule has 2 heterocycles. The van der Waals surface area contributed by atoms with E-state index in [0.717, 1.165) is 42.6 Å². The Morgan fingerprint density at radius 1 is 1.38 bits per heavy atom. The topological polar surface area (TPSA) is 50.2 Å². The first-order valence-electron chi connectivity index (χ1n) is 8.66. The number of hydrogen-bond acceptors (Lipinski definition) is 5. The molecule has 0 radical (unpaired) electrons. The molecule has 0 amide bonds. The molecule has 0 aliphatic heterocycles. The van der Waals surface area contributed by atoms with E-state index in [9.17, 15) is 4.79 Å². The van der Waals surface area contributed by atoms with Gasteiger partial charge in [-0.05, 0) is 58.3 Å². The zero-order valence-corrected chi connectivity index (χ0v) is 15.4. The summed E-state index contributed by atoms with van der Waals surface area (Å²) in [7, 11) is 4.13. The molecular weight excluding hydrogens is 320 g/mol. The molecule has 0 saturated carbocycles. The largest absolute Gasteiger partial charge is 0.355 e. The second-order valence-corrected chi connectivity index (χ2v) is 7.70. The van der Waals surface area contributed by atoms with Gasteiger partial charge in [-0.15, -0.1) is 17.9 Å². The number of hydrogen-bond donors (Lipinski definition) is 1. The monoisotopic (exact) mass is 346 g/mol. The fraction of sp³-hybridized carbons (Fsp3) is 0.556. The Morgan fingerprint density at radius 3 is 2.92 bits per heavy atom. The van der Waals surface area contributed by atoms with Gasteiger partial charge in [-0.25, -0.2) is 4.98 Å². The lowest BCUT2D eigenvalue weighted by molar-refractivity contribution is 0.405. The molecule has 3 rings (SSSR count). The van der Waals surface area contributed by atoms with E-state index in [1.165, 1.54) is 23.3 Å². The molecule has 1 aliphatic carbocycles. The molecule has 1 N–H and O–H groups in total. The first-order valence-corrected chi connectivity index (χ1v) is 9.48. The summed E-state index contributed by atoms with van der Waals surface area (Å²) in [6.07, 6.45) is 7.26. The lowest BCUT2D eigenvalue weighted by atomic mass is 9.97. The van der Waals surface area contributed by atoms with Crippen LogP contribution in [-0.4, -0.2) is 41.6 Å². The van der Waals surface area contributed by atoms with Gasteiger partial charge >= 0.3 is 0 Å². The summed E-state index contributed by atoms with van der Waals surface area (Å²) in [6.45, 7) is 6.09. The molecule has 0 fully saturated rings. The van der Waals surface area contributed by atoms with Crippen LogP contribution >= 0.6 is 11.3 Å². The Hall–Kier alpha value is -1.66. The first kappa shape index (κ1) is 17.2. The molecule has 130 valence electrons. The molecule has 0 atom stereocenters. The average molecular weight is 347 g/mol. The highest BCUT2D eigenvalue weighted by Gasteiger charge is 2.21. The summed E-state index contributed by atoms with van der Waals surface area (Å²) >= 11 is 1.70. The van der Waals surface area contributed by atoms with Crippen LogP contribution in [0.4, 0.5) is 5.95 Å². The number of nitrogens with zero attached hydrogens (tertiary/aromatic N) is 3. The van der Waals surface area contributed by atoms with Crippen molar-refractivity contribution >= 4 is 27.5 Å². The molecule has 5 nitrogen and oxygen atoms in total. The Bertz CT molecular complexity index is 790. The van der Waals surface area contributed by atoms with Crippen LogP contribution < -0.4 is 10.9 Å². The second kappa shape index (κ2) is 7.49. The predicted octanol–water partition coefficient (Wildman–Crippen LogP) is 2.89. The molecule has 0 saturated heterocycles. The van der Waals surface area contributed by atoms with E-state index >= 15 is 0 Å². The number of nitrogens with one attached hydrogen (secondary N) is 1. The van der Waals surface area contributed by atoms with Gasteiger partial charge in [0.2, 0.25) is 5.95 Å². The lowest BCUT2D eigenvalue weighted by Gasteiger charge is -2.14. The van der Waals surface area contributed by atoms with E-state index in [0.29, 0.717) is 12.5 Å². The standard InChI is InChI=1S/C18H26N4OS/c1-4-11-22-17(23)15-13-8-5-6-9-14(13)24-16(15)20-18(22)19-10-7-12-21(2)3/h4H,1,5-12H2,2-3H3,(H,19,20). The minimum atomic E-state index is 0.0782. The van der Waals surface area contributed by atoms with E-state index in [4.69, 9.17) is 4.98 Å². The van der Waals surface area contributed by atoms with Gasteiger partial charge in [0, 0.05) is 18.0 Å². The molecule has 6 heteroatoms. The van der Waals surface area contributed by atoms with Gasteiger partial charge in [0.1, 0.15) is 4.83 Å². The molecule has 2 aromatic heterocycles. The van der Waals surface area contributed by atoms with Crippen LogP contribution in [0.25, 0.3) is 10.2 Å². The zero-order valence-electron chi connectivity index (χ0n) is 14.6. The Labute approximate surface area is 147 Å². The zero-order chi connectivity index (χ0) is 17.1. The van der Waals surface area contributed by atoms with Gasteiger partial charge in [0.05, 0.1) is 5.39 Å². The molecule has 1 aliphatic rings.